The van der Waals surface area contributed by atoms with Crippen molar-refractivity contribution in [1.82, 2.24) is 9.78 Å². The third kappa shape index (κ3) is 3.78. The highest BCUT2D eigenvalue weighted by Gasteiger charge is 2.12. The zero-order valence-corrected chi connectivity index (χ0v) is 13.2. The number of aromatic nitrogens is 2. The molecule has 0 unspecified atom stereocenters. The largest absolute Gasteiger partial charge is 0.326 e. The van der Waals surface area contributed by atoms with E-state index >= 15 is 0 Å². The van der Waals surface area contributed by atoms with Gasteiger partial charge < -0.3 is 5.32 Å². The number of halogens is 1. The molecule has 0 aliphatic heterocycles. The predicted octanol–water partition coefficient (Wildman–Crippen LogP) is 3.74. The number of hydrogen-bond donors (Lipinski definition) is 1. The Bertz CT molecular complexity index is 832. The molecule has 24 heavy (non-hydrogen) atoms. The van der Waals surface area contributed by atoms with Crippen LogP contribution in [0.25, 0.3) is 0 Å². The van der Waals surface area contributed by atoms with Crippen LogP contribution in [0.3, 0.4) is 0 Å². The predicted molar refractivity (Wildman–Crippen MR) is 91.6 cm³/mol. The number of hydrogen-bond acceptors (Lipinski definition) is 2. The van der Waals surface area contributed by atoms with Crippen molar-refractivity contribution in [3.63, 3.8) is 0 Å². The highest BCUT2D eigenvalue weighted by atomic mass is 19.1. The minimum Gasteiger partial charge on any atom is -0.305 e. The maximum atomic E-state index is 13.3. The van der Waals surface area contributed by atoms with Gasteiger partial charge in [0.1, 0.15) is 5.82 Å². The van der Waals surface area contributed by atoms with Gasteiger partial charge in [0.05, 0.1) is 18.4 Å². The second kappa shape index (κ2) is 6.95. The first-order chi connectivity index (χ1) is 11.6. The molecule has 0 fully saturated rings. The molecule has 1 heterocycles. The molecule has 6 heteroatoms. The molecule has 3 rings (SSSR count). The van der Waals surface area contributed by atoms with Gasteiger partial charge in [0.25, 0.3) is 0 Å². The van der Waals surface area contributed by atoms with Crippen molar-refractivity contribution >= 4 is 17.4 Å². The first kappa shape index (κ1) is 15.7. The van der Waals surface area contributed by atoms with Gasteiger partial charge in [-0.05, 0) is 23.8 Å². The third-order valence-corrected chi connectivity index (χ3v) is 3.57. The molecule has 1 N–H and O–H groups in total. The Morgan fingerprint density at radius 2 is 2.00 bits per heavy atom. The summed E-state index contributed by atoms with van der Waals surface area (Å²) >= 11 is 0. The van der Waals surface area contributed by atoms with Crippen LogP contribution in [0.2, 0.25) is 0 Å². The van der Waals surface area contributed by atoms with Crippen molar-refractivity contribution in [3.05, 3.63) is 78.4 Å². The molecular formula is C18H17FN4O. The Morgan fingerprint density at radius 3 is 2.75 bits per heavy atom. The van der Waals surface area contributed by atoms with E-state index < -0.39 is 0 Å². The fraction of sp³-hybridized carbons (Fsp3) is 0.111. The standard InChI is InChI=1S/C18H17FN4O/c1-22(17-9-5-8-15(19)10-17)18(24)21-16-11-20-23(13-16)12-14-6-3-2-4-7-14/h2-11,13H,12H2,1H3,(H,21,24). The van der Waals surface area contributed by atoms with Crippen LogP contribution < -0.4 is 10.2 Å². The Hall–Kier alpha value is -3.15. The third-order valence-electron chi connectivity index (χ3n) is 3.57. The Kier molecular flexibility index (Phi) is 4.56. The minimum atomic E-state index is -0.386. The molecule has 2 amide bonds. The fourth-order valence-corrected chi connectivity index (χ4v) is 2.29. The fourth-order valence-electron chi connectivity index (χ4n) is 2.29. The lowest BCUT2D eigenvalue weighted by Crippen LogP contribution is -2.31. The van der Waals surface area contributed by atoms with E-state index in [2.05, 4.69) is 10.4 Å². The topological polar surface area (TPSA) is 50.2 Å². The van der Waals surface area contributed by atoms with Crippen molar-refractivity contribution in [1.29, 1.82) is 0 Å². The lowest BCUT2D eigenvalue weighted by atomic mass is 10.2. The molecule has 0 aliphatic carbocycles. The maximum absolute atomic E-state index is 13.3. The summed E-state index contributed by atoms with van der Waals surface area (Å²) in [6.07, 6.45) is 3.34. The zero-order valence-electron chi connectivity index (χ0n) is 13.2. The molecule has 0 radical (unpaired) electrons. The van der Waals surface area contributed by atoms with Gasteiger partial charge in [-0.25, -0.2) is 9.18 Å². The van der Waals surface area contributed by atoms with Crippen molar-refractivity contribution in [2.24, 2.45) is 0 Å². The Balaban J connectivity index is 1.65. The van der Waals surface area contributed by atoms with Crippen molar-refractivity contribution < 1.29 is 9.18 Å². The molecule has 0 spiro atoms. The summed E-state index contributed by atoms with van der Waals surface area (Å²) in [6.45, 7) is 0.621. The first-order valence-electron chi connectivity index (χ1n) is 7.48. The molecule has 5 nitrogen and oxygen atoms in total. The molecular weight excluding hydrogens is 307 g/mol. The average Bonchev–Trinajstić information content (AvgIpc) is 3.02. The number of urea groups is 1. The van der Waals surface area contributed by atoms with Gasteiger partial charge in [-0.2, -0.15) is 5.10 Å². The SMILES string of the molecule is CN(C(=O)Nc1cnn(Cc2ccccc2)c1)c1cccc(F)c1. The highest BCUT2D eigenvalue weighted by molar-refractivity contribution is 6.01. The number of amides is 2. The van der Waals surface area contributed by atoms with E-state index in [1.54, 1.807) is 36.3 Å². The van der Waals surface area contributed by atoms with E-state index in [1.165, 1.54) is 17.0 Å². The summed E-state index contributed by atoms with van der Waals surface area (Å²) in [5.74, 6) is -0.386. The summed E-state index contributed by atoms with van der Waals surface area (Å²) in [4.78, 5) is 13.6. The van der Waals surface area contributed by atoms with E-state index in [1.807, 2.05) is 30.3 Å². The molecule has 0 atom stereocenters. The monoisotopic (exact) mass is 324 g/mol. The van der Waals surface area contributed by atoms with E-state index in [-0.39, 0.29) is 11.8 Å². The Labute approximate surface area is 139 Å². The summed E-state index contributed by atoms with van der Waals surface area (Å²) in [7, 11) is 1.58. The smallest absolute Gasteiger partial charge is 0.305 e. The van der Waals surface area contributed by atoms with Gasteiger partial charge in [-0.3, -0.25) is 9.58 Å². The van der Waals surface area contributed by atoms with Crippen LogP contribution in [0.1, 0.15) is 5.56 Å². The molecule has 122 valence electrons. The van der Waals surface area contributed by atoms with Crippen LogP contribution in [-0.2, 0) is 6.54 Å². The van der Waals surface area contributed by atoms with Crippen LogP contribution in [0.15, 0.2) is 67.0 Å². The van der Waals surface area contributed by atoms with Crippen LogP contribution in [0.5, 0.6) is 0 Å². The van der Waals surface area contributed by atoms with E-state index in [0.29, 0.717) is 17.9 Å². The van der Waals surface area contributed by atoms with Gasteiger partial charge in [-0.1, -0.05) is 36.4 Å². The lowest BCUT2D eigenvalue weighted by Gasteiger charge is -2.17. The molecule has 0 saturated heterocycles. The minimum absolute atomic E-state index is 0.361. The van der Waals surface area contributed by atoms with Gasteiger partial charge in [-0.15, -0.1) is 0 Å². The van der Waals surface area contributed by atoms with E-state index in [0.717, 1.165) is 5.56 Å². The second-order valence-corrected chi connectivity index (χ2v) is 5.38. The van der Waals surface area contributed by atoms with Crippen molar-refractivity contribution in [2.75, 3.05) is 17.3 Å². The molecule has 0 aliphatic rings. The summed E-state index contributed by atoms with van der Waals surface area (Å²) in [5, 5.41) is 6.98. The zero-order chi connectivity index (χ0) is 16.9. The number of rotatable bonds is 4. The normalized spacial score (nSPS) is 10.4. The van der Waals surface area contributed by atoms with Crippen LogP contribution in [0, 0.1) is 5.82 Å². The average molecular weight is 324 g/mol. The number of carbonyl (C=O) groups excluding carboxylic acids is 1. The Morgan fingerprint density at radius 1 is 1.21 bits per heavy atom. The molecule has 1 aromatic heterocycles. The summed E-state index contributed by atoms with van der Waals surface area (Å²) in [6, 6.07) is 15.4. The van der Waals surface area contributed by atoms with E-state index in [4.69, 9.17) is 0 Å². The molecule has 0 bridgehead atoms. The van der Waals surface area contributed by atoms with Gasteiger partial charge in [0.15, 0.2) is 0 Å². The lowest BCUT2D eigenvalue weighted by molar-refractivity contribution is 0.258. The van der Waals surface area contributed by atoms with Crippen LogP contribution in [0.4, 0.5) is 20.6 Å². The molecule has 2 aromatic carbocycles. The van der Waals surface area contributed by atoms with E-state index in [9.17, 15) is 9.18 Å². The molecule has 0 saturated carbocycles. The van der Waals surface area contributed by atoms with Crippen LogP contribution in [-0.4, -0.2) is 22.9 Å². The number of nitrogens with zero attached hydrogens (tertiary/aromatic N) is 3. The highest BCUT2D eigenvalue weighted by Crippen LogP contribution is 2.16. The van der Waals surface area contributed by atoms with Gasteiger partial charge >= 0.3 is 6.03 Å². The first-order valence-corrected chi connectivity index (χ1v) is 7.48. The summed E-state index contributed by atoms with van der Waals surface area (Å²) < 4.78 is 15.0. The van der Waals surface area contributed by atoms with Gasteiger partial charge in [0, 0.05) is 18.9 Å². The van der Waals surface area contributed by atoms with Crippen LogP contribution >= 0.6 is 0 Å². The number of nitrogens with one attached hydrogen (secondary N) is 1. The quantitative estimate of drug-likeness (QED) is 0.795. The number of benzene rings is 2. The van der Waals surface area contributed by atoms with Crippen molar-refractivity contribution in [3.8, 4) is 0 Å². The maximum Gasteiger partial charge on any atom is 0.326 e. The van der Waals surface area contributed by atoms with Gasteiger partial charge in [0.2, 0.25) is 0 Å². The number of carbonyl (C=O) groups is 1. The second-order valence-electron chi connectivity index (χ2n) is 5.38. The van der Waals surface area contributed by atoms with Crippen molar-refractivity contribution in [2.45, 2.75) is 6.54 Å². The summed E-state index contributed by atoms with van der Waals surface area (Å²) in [5.41, 5.74) is 2.18. The molecule has 3 aromatic rings. The number of anilines is 2.